The van der Waals surface area contributed by atoms with Gasteiger partial charge in [-0.2, -0.15) is 0 Å². The zero-order valence-electron chi connectivity index (χ0n) is 11.5. The van der Waals surface area contributed by atoms with Crippen molar-refractivity contribution >= 4 is 6.02 Å². The molecule has 2 rings (SSSR count). The molecule has 0 aliphatic carbocycles. The number of halogens is 1. The van der Waals surface area contributed by atoms with Crippen LogP contribution in [-0.2, 0) is 4.74 Å². The lowest BCUT2D eigenvalue weighted by Crippen LogP contribution is -2.10. The summed E-state index contributed by atoms with van der Waals surface area (Å²) < 4.78 is 18.6. The first-order chi connectivity index (χ1) is 9.08. The van der Waals surface area contributed by atoms with Gasteiger partial charge in [-0.1, -0.05) is 13.0 Å². The maximum atomic E-state index is 13.5. The molecule has 1 aliphatic rings. The molecule has 1 aliphatic heterocycles. The summed E-state index contributed by atoms with van der Waals surface area (Å²) in [5, 5.41) is 0. The van der Waals surface area contributed by atoms with Gasteiger partial charge in [0.15, 0.2) is 0 Å². The van der Waals surface area contributed by atoms with Crippen LogP contribution in [0.4, 0.5) is 4.39 Å². The van der Waals surface area contributed by atoms with Crippen LogP contribution >= 0.6 is 0 Å². The van der Waals surface area contributed by atoms with Gasteiger partial charge in [0, 0.05) is 0 Å². The fraction of sp³-hybridized carbons (Fsp3) is 0.533. The largest absolute Gasteiger partial charge is 0.463 e. The number of aliphatic imine (C=N–C) groups is 1. The Hall–Kier alpha value is -1.58. The SMILES string of the molecule is CCC(CC[C@H]1COC(N)=N1)c1cc(C)cc(F)c1. The normalized spacial score (nSPS) is 19.9. The highest BCUT2D eigenvalue weighted by atomic mass is 19.1. The van der Waals surface area contributed by atoms with Gasteiger partial charge in [0.25, 0.3) is 6.02 Å². The molecular weight excluding hydrogens is 243 g/mol. The Morgan fingerprint density at radius 2 is 2.26 bits per heavy atom. The monoisotopic (exact) mass is 264 g/mol. The number of nitrogens with zero attached hydrogens (tertiary/aromatic N) is 1. The van der Waals surface area contributed by atoms with E-state index in [2.05, 4.69) is 18.0 Å². The van der Waals surface area contributed by atoms with Crippen LogP contribution in [0, 0.1) is 12.7 Å². The lowest BCUT2D eigenvalue weighted by molar-refractivity contribution is 0.303. The van der Waals surface area contributed by atoms with Crippen molar-refractivity contribution in [2.45, 2.75) is 45.1 Å². The molecule has 0 saturated heterocycles. The highest BCUT2D eigenvalue weighted by Gasteiger charge is 2.19. The number of nitrogens with two attached hydrogens (primary N) is 1. The van der Waals surface area contributed by atoms with E-state index in [-0.39, 0.29) is 11.9 Å². The highest BCUT2D eigenvalue weighted by molar-refractivity contribution is 5.72. The van der Waals surface area contributed by atoms with Crippen LogP contribution < -0.4 is 5.73 Å². The third-order valence-electron chi connectivity index (χ3n) is 3.61. The van der Waals surface area contributed by atoms with Crippen LogP contribution in [-0.4, -0.2) is 18.7 Å². The lowest BCUT2D eigenvalue weighted by atomic mass is 9.89. The van der Waals surface area contributed by atoms with E-state index in [0.29, 0.717) is 18.5 Å². The Morgan fingerprint density at radius 1 is 1.47 bits per heavy atom. The minimum atomic E-state index is -0.153. The average Bonchev–Trinajstić information content (AvgIpc) is 2.75. The van der Waals surface area contributed by atoms with Crippen LogP contribution in [0.15, 0.2) is 23.2 Å². The van der Waals surface area contributed by atoms with Gasteiger partial charge in [0.05, 0.1) is 6.04 Å². The maximum absolute atomic E-state index is 13.5. The van der Waals surface area contributed by atoms with Crippen molar-refractivity contribution < 1.29 is 9.13 Å². The molecule has 0 aromatic heterocycles. The van der Waals surface area contributed by atoms with Crippen LogP contribution in [0.3, 0.4) is 0 Å². The molecule has 1 unspecified atom stereocenters. The molecule has 0 saturated carbocycles. The van der Waals surface area contributed by atoms with Gasteiger partial charge < -0.3 is 10.5 Å². The van der Waals surface area contributed by atoms with Gasteiger partial charge in [-0.05, 0) is 55.4 Å². The van der Waals surface area contributed by atoms with E-state index in [4.69, 9.17) is 10.5 Å². The number of benzene rings is 1. The molecule has 19 heavy (non-hydrogen) atoms. The maximum Gasteiger partial charge on any atom is 0.282 e. The second-order valence-electron chi connectivity index (χ2n) is 5.18. The lowest BCUT2D eigenvalue weighted by Gasteiger charge is -2.17. The predicted octanol–water partition coefficient (Wildman–Crippen LogP) is 3.12. The van der Waals surface area contributed by atoms with Gasteiger partial charge >= 0.3 is 0 Å². The summed E-state index contributed by atoms with van der Waals surface area (Å²) in [5.41, 5.74) is 7.54. The molecule has 2 atom stereocenters. The molecule has 1 aromatic rings. The molecule has 0 fully saturated rings. The van der Waals surface area contributed by atoms with Crippen LogP contribution in [0.1, 0.15) is 43.2 Å². The molecule has 1 aromatic carbocycles. The van der Waals surface area contributed by atoms with E-state index in [9.17, 15) is 4.39 Å². The number of ether oxygens (including phenoxy) is 1. The van der Waals surface area contributed by atoms with E-state index in [1.165, 1.54) is 0 Å². The van der Waals surface area contributed by atoms with E-state index in [1.54, 1.807) is 12.1 Å². The van der Waals surface area contributed by atoms with Gasteiger partial charge in [0.1, 0.15) is 12.4 Å². The number of amidine groups is 1. The molecule has 0 radical (unpaired) electrons. The minimum absolute atomic E-state index is 0.153. The van der Waals surface area contributed by atoms with Crippen molar-refractivity contribution in [3.05, 3.63) is 35.1 Å². The van der Waals surface area contributed by atoms with Crippen LogP contribution in [0.2, 0.25) is 0 Å². The molecule has 0 bridgehead atoms. The molecule has 4 heteroatoms. The third kappa shape index (κ3) is 3.69. The predicted molar refractivity (Wildman–Crippen MR) is 74.8 cm³/mol. The summed E-state index contributed by atoms with van der Waals surface area (Å²) in [6, 6.07) is 5.72. The summed E-state index contributed by atoms with van der Waals surface area (Å²) >= 11 is 0. The Bertz CT molecular complexity index is 453. The fourth-order valence-corrected chi connectivity index (χ4v) is 2.58. The minimum Gasteiger partial charge on any atom is -0.463 e. The Morgan fingerprint density at radius 3 is 2.84 bits per heavy atom. The van der Waals surface area contributed by atoms with Crippen molar-refractivity contribution in [1.29, 1.82) is 0 Å². The van der Waals surface area contributed by atoms with Crippen LogP contribution in [0.5, 0.6) is 0 Å². The Labute approximate surface area is 113 Å². The number of hydrogen-bond donors (Lipinski definition) is 1. The fourth-order valence-electron chi connectivity index (χ4n) is 2.58. The number of aryl methyl sites for hydroxylation is 1. The van der Waals surface area contributed by atoms with Gasteiger partial charge in [0.2, 0.25) is 0 Å². The van der Waals surface area contributed by atoms with Crippen molar-refractivity contribution in [1.82, 2.24) is 0 Å². The van der Waals surface area contributed by atoms with E-state index >= 15 is 0 Å². The average molecular weight is 264 g/mol. The summed E-state index contributed by atoms with van der Waals surface area (Å²) in [5.74, 6) is 0.214. The van der Waals surface area contributed by atoms with Crippen LogP contribution in [0.25, 0.3) is 0 Å². The quantitative estimate of drug-likeness (QED) is 0.888. The number of rotatable bonds is 5. The first kappa shape index (κ1) is 13.8. The molecule has 3 nitrogen and oxygen atoms in total. The zero-order chi connectivity index (χ0) is 13.8. The summed E-state index contributed by atoms with van der Waals surface area (Å²) in [7, 11) is 0. The van der Waals surface area contributed by atoms with Crippen molar-refractivity contribution in [2.75, 3.05) is 6.61 Å². The summed E-state index contributed by atoms with van der Waals surface area (Å²) in [4.78, 5) is 4.22. The topological polar surface area (TPSA) is 47.6 Å². The first-order valence-corrected chi connectivity index (χ1v) is 6.81. The van der Waals surface area contributed by atoms with E-state index in [0.717, 1.165) is 30.4 Å². The molecule has 1 heterocycles. The van der Waals surface area contributed by atoms with Crippen molar-refractivity contribution in [2.24, 2.45) is 10.7 Å². The van der Waals surface area contributed by atoms with E-state index in [1.807, 2.05) is 6.92 Å². The van der Waals surface area contributed by atoms with Crippen molar-refractivity contribution in [3.8, 4) is 0 Å². The smallest absolute Gasteiger partial charge is 0.282 e. The molecule has 0 amide bonds. The molecular formula is C15H21FN2O. The number of hydrogen-bond acceptors (Lipinski definition) is 3. The highest BCUT2D eigenvalue weighted by Crippen LogP contribution is 2.28. The molecule has 0 spiro atoms. The van der Waals surface area contributed by atoms with Gasteiger partial charge in [-0.25, -0.2) is 9.38 Å². The molecule has 104 valence electrons. The zero-order valence-corrected chi connectivity index (χ0v) is 11.5. The standard InChI is InChI=1S/C15H21FN2O/c1-3-11(4-5-14-9-19-15(17)18-14)12-6-10(2)7-13(16)8-12/h6-8,11,14H,3-5,9H2,1-2H3,(H2,17,18)/t11?,14-/m0/s1. The molecule has 2 N–H and O–H groups in total. The van der Waals surface area contributed by atoms with Gasteiger partial charge in [-0.15, -0.1) is 0 Å². The second-order valence-corrected chi connectivity index (χ2v) is 5.18. The Balaban J connectivity index is 1.99. The van der Waals surface area contributed by atoms with E-state index < -0.39 is 0 Å². The van der Waals surface area contributed by atoms with Crippen molar-refractivity contribution in [3.63, 3.8) is 0 Å². The first-order valence-electron chi connectivity index (χ1n) is 6.81. The summed E-state index contributed by atoms with van der Waals surface area (Å²) in [6.07, 6.45) is 2.90. The third-order valence-corrected chi connectivity index (χ3v) is 3.61. The Kier molecular flexibility index (Phi) is 4.40. The second kappa shape index (κ2) is 6.04. The van der Waals surface area contributed by atoms with Gasteiger partial charge in [-0.3, -0.25) is 0 Å². The summed E-state index contributed by atoms with van der Waals surface area (Å²) in [6.45, 7) is 4.63.